The van der Waals surface area contributed by atoms with Gasteiger partial charge in [0.05, 0.1) is 0 Å². The molecule has 0 radical (unpaired) electrons. The molecule has 0 heterocycles. The molecule has 9 nitrogen and oxygen atoms in total. The zero-order chi connectivity index (χ0) is 17.8. The molecule has 2 atom stereocenters. The molecule has 0 aliphatic heterocycles. The van der Waals surface area contributed by atoms with Crippen LogP contribution in [0.3, 0.4) is 0 Å². The number of esters is 1. The molecule has 0 rings (SSSR count). The molecule has 1 amide bonds. The minimum atomic E-state index is -0.974. The van der Waals surface area contributed by atoms with Gasteiger partial charge in [-0.1, -0.05) is 0 Å². The smallest absolute Gasteiger partial charge is 0.328 e. The molecule has 0 fully saturated rings. The van der Waals surface area contributed by atoms with E-state index in [9.17, 15) is 14.4 Å². The molecule has 0 aliphatic carbocycles. The number of likely N-dealkylation sites (N-methyl/N-ethyl adjacent to an activating group) is 1. The van der Waals surface area contributed by atoms with Crippen LogP contribution in [0.1, 0.15) is 19.8 Å². The van der Waals surface area contributed by atoms with Gasteiger partial charge in [-0.25, -0.2) is 4.79 Å². The summed E-state index contributed by atoms with van der Waals surface area (Å²) in [7, 11) is 5.04. The Balaban J connectivity index is 4.70. The number of Topliss-reactive ketones (excluding diaryl/α,β-unsaturated/α-hetero) is 1. The van der Waals surface area contributed by atoms with Crippen molar-refractivity contribution >= 4 is 23.9 Å². The molecule has 0 bridgehead atoms. The lowest BCUT2D eigenvalue weighted by Gasteiger charge is -2.19. The summed E-state index contributed by atoms with van der Waals surface area (Å²) in [6.07, 6.45) is -0.0251. The molecule has 0 aromatic heterocycles. The van der Waals surface area contributed by atoms with E-state index in [2.05, 4.69) is 10.1 Å². The Bertz CT molecular complexity index is 460. The first-order valence-corrected chi connectivity index (χ1v) is 7.16. The number of nitrogens with zero attached hydrogens (tertiary/aromatic N) is 3. The van der Waals surface area contributed by atoms with Gasteiger partial charge in [-0.2, -0.15) is 4.79 Å². The van der Waals surface area contributed by atoms with Gasteiger partial charge in [-0.15, -0.1) is 0 Å². The average Bonchev–Trinajstić information content (AvgIpc) is 2.49. The Morgan fingerprint density at radius 1 is 1.35 bits per heavy atom. The predicted molar refractivity (Wildman–Crippen MR) is 81.8 cm³/mol. The summed E-state index contributed by atoms with van der Waals surface area (Å²) in [6, 6.07) is -0.974. The fourth-order valence-corrected chi connectivity index (χ4v) is 1.49. The molecule has 0 saturated heterocycles. The van der Waals surface area contributed by atoms with Crippen molar-refractivity contribution in [2.45, 2.75) is 31.9 Å². The largest absolute Gasteiger partial charge is 0.463 e. The zero-order valence-electron chi connectivity index (χ0n) is 13.9. The highest BCUT2D eigenvalue weighted by molar-refractivity contribution is 6.25. The minimum absolute atomic E-state index is 0.0355. The van der Waals surface area contributed by atoms with Crippen LogP contribution >= 0.6 is 0 Å². The van der Waals surface area contributed by atoms with Crippen molar-refractivity contribution < 1.29 is 28.6 Å². The van der Waals surface area contributed by atoms with Crippen molar-refractivity contribution in [3.63, 3.8) is 0 Å². The van der Waals surface area contributed by atoms with Gasteiger partial charge in [-0.3, -0.25) is 9.59 Å². The van der Waals surface area contributed by atoms with Crippen LogP contribution in [-0.2, 0) is 23.9 Å². The Labute approximate surface area is 135 Å². The normalized spacial score (nSPS) is 12.9. The summed E-state index contributed by atoms with van der Waals surface area (Å²) in [6.45, 7) is 2.24. The summed E-state index contributed by atoms with van der Waals surface area (Å²) in [5.74, 6) is -1.57. The van der Waals surface area contributed by atoms with Gasteiger partial charge in [0.2, 0.25) is 11.7 Å². The topological polar surface area (TPSA) is 121 Å². The molecule has 1 N–H and O–H groups in total. The molecule has 9 heteroatoms. The van der Waals surface area contributed by atoms with E-state index in [0.717, 1.165) is 6.21 Å². The van der Waals surface area contributed by atoms with Crippen LogP contribution in [0.2, 0.25) is 0 Å². The third-order valence-electron chi connectivity index (χ3n) is 2.99. The number of carbonyl (C=O) groups excluding carboxylic acids is 3. The number of amides is 1. The van der Waals surface area contributed by atoms with Crippen LogP contribution < -0.4 is 5.32 Å². The molecule has 0 aromatic rings. The molecule has 0 aromatic carbocycles. The van der Waals surface area contributed by atoms with Gasteiger partial charge in [0.25, 0.3) is 0 Å². The first-order chi connectivity index (χ1) is 10.8. The van der Waals surface area contributed by atoms with E-state index in [1.165, 1.54) is 14.0 Å². The number of rotatable bonds is 11. The highest BCUT2D eigenvalue weighted by Gasteiger charge is 2.25. The number of hydrogen-bond acceptors (Lipinski definition) is 6. The second-order valence-electron chi connectivity index (χ2n) is 5.16. The standard InChI is InChI=1S/C14H24N4O5/c1-10(22-4)13(20)17-12(6-5-11(19)9-16-15)14(21)23-8-7-18(2)3/h9-10,12H,5-8H2,1-4H3,(H,17,20)/t10-,12-/m0/s1. The summed E-state index contributed by atoms with van der Waals surface area (Å²) in [5.41, 5.74) is 8.30. The summed E-state index contributed by atoms with van der Waals surface area (Å²) >= 11 is 0. The Kier molecular flexibility index (Phi) is 10.4. The number of carbonyl (C=O) groups is 3. The second kappa shape index (κ2) is 11.5. The molecule has 130 valence electrons. The maximum absolute atomic E-state index is 12.1. The van der Waals surface area contributed by atoms with Gasteiger partial charge in [0.15, 0.2) is 0 Å². The van der Waals surface area contributed by atoms with E-state index in [-0.39, 0.29) is 19.4 Å². The SMILES string of the molecule is CO[C@@H](C)C(=O)N[C@@H](CCC(=O)C=[N+]=[N-])C(=O)OCCN(C)C. The molecular formula is C14H24N4O5. The summed E-state index contributed by atoms with van der Waals surface area (Å²) < 4.78 is 9.97. The van der Waals surface area contributed by atoms with E-state index >= 15 is 0 Å². The van der Waals surface area contributed by atoms with Crippen molar-refractivity contribution in [2.24, 2.45) is 0 Å². The van der Waals surface area contributed by atoms with Crippen LogP contribution in [0.15, 0.2) is 0 Å². The molecule has 0 unspecified atom stereocenters. The molecule has 0 spiro atoms. The van der Waals surface area contributed by atoms with Crippen LogP contribution in [-0.4, -0.2) is 80.1 Å². The first kappa shape index (κ1) is 20.9. The third kappa shape index (κ3) is 9.51. The maximum atomic E-state index is 12.1. The third-order valence-corrected chi connectivity index (χ3v) is 2.99. The molecule has 23 heavy (non-hydrogen) atoms. The number of methoxy groups -OCH3 is 1. The van der Waals surface area contributed by atoms with E-state index in [4.69, 9.17) is 15.0 Å². The van der Waals surface area contributed by atoms with Crippen molar-refractivity contribution in [3.05, 3.63) is 5.53 Å². The number of nitrogens with one attached hydrogen (secondary N) is 1. The molecule has 0 saturated carbocycles. The fourth-order valence-electron chi connectivity index (χ4n) is 1.49. The summed E-state index contributed by atoms with van der Waals surface area (Å²) in [5, 5.41) is 2.49. The highest BCUT2D eigenvalue weighted by Crippen LogP contribution is 2.03. The second-order valence-corrected chi connectivity index (χ2v) is 5.16. The van der Waals surface area contributed by atoms with E-state index in [1.807, 2.05) is 19.0 Å². The lowest BCUT2D eigenvalue weighted by molar-refractivity contribution is -0.149. The van der Waals surface area contributed by atoms with Crippen LogP contribution in [0.4, 0.5) is 0 Å². The first-order valence-electron chi connectivity index (χ1n) is 7.16. The van der Waals surface area contributed by atoms with Gasteiger partial charge in [0, 0.05) is 20.1 Å². The Morgan fingerprint density at radius 2 is 2.00 bits per heavy atom. The van der Waals surface area contributed by atoms with Gasteiger partial charge >= 0.3 is 12.2 Å². The number of hydrogen-bond donors (Lipinski definition) is 1. The van der Waals surface area contributed by atoms with Crippen LogP contribution in [0.25, 0.3) is 5.53 Å². The van der Waals surface area contributed by atoms with E-state index < -0.39 is 29.8 Å². The van der Waals surface area contributed by atoms with Gasteiger partial charge in [-0.05, 0) is 27.4 Å². The molecular weight excluding hydrogens is 304 g/mol. The predicted octanol–water partition coefficient (Wildman–Crippen LogP) is -0.739. The quantitative estimate of drug-likeness (QED) is 0.231. The van der Waals surface area contributed by atoms with Crippen LogP contribution in [0, 0.1) is 0 Å². The minimum Gasteiger partial charge on any atom is -0.463 e. The zero-order valence-corrected chi connectivity index (χ0v) is 13.9. The van der Waals surface area contributed by atoms with Crippen molar-refractivity contribution in [1.29, 1.82) is 0 Å². The number of ether oxygens (including phenoxy) is 2. The summed E-state index contributed by atoms with van der Waals surface area (Å²) in [4.78, 5) is 39.7. The maximum Gasteiger partial charge on any atom is 0.328 e. The van der Waals surface area contributed by atoms with E-state index in [0.29, 0.717) is 6.54 Å². The van der Waals surface area contributed by atoms with Gasteiger partial charge < -0.3 is 25.2 Å². The average molecular weight is 328 g/mol. The Morgan fingerprint density at radius 3 is 2.52 bits per heavy atom. The highest BCUT2D eigenvalue weighted by atomic mass is 16.5. The monoisotopic (exact) mass is 328 g/mol. The van der Waals surface area contributed by atoms with E-state index in [1.54, 1.807) is 0 Å². The number of ketones is 1. The van der Waals surface area contributed by atoms with Crippen LogP contribution in [0.5, 0.6) is 0 Å². The Hall–Kier alpha value is -2.09. The van der Waals surface area contributed by atoms with Crippen molar-refractivity contribution in [1.82, 2.24) is 10.2 Å². The lowest BCUT2D eigenvalue weighted by atomic mass is 10.1. The van der Waals surface area contributed by atoms with Crippen molar-refractivity contribution in [3.8, 4) is 0 Å². The van der Waals surface area contributed by atoms with Crippen molar-refractivity contribution in [2.75, 3.05) is 34.4 Å². The lowest BCUT2D eigenvalue weighted by Crippen LogP contribution is -2.46. The molecule has 0 aliphatic rings. The fraction of sp³-hybridized carbons (Fsp3) is 0.714. The van der Waals surface area contributed by atoms with Gasteiger partial charge in [0.1, 0.15) is 18.8 Å².